The average molecular weight is 217 g/mol. The Bertz CT molecular complexity index is 202. The van der Waals surface area contributed by atoms with Gasteiger partial charge in [-0.15, -0.1) is 0 Å². The first-order chi connectivity index (χ1) is 6.75. The SMILES string of the molecule is CC(C)C(C)(C)CNCC(O)CC(=O)O. The van der Waals surface area contributed by atoms with Crippen molar-refractivity contribution in [1.82, 2.24) is 5.32 Å². The Balaban J connectivity index is 3.74. The fourth-order valence-electron chi connectivity index (χ4n) is 1.04. The van der Waals surface area contributed by atoms with E-state index < -0.39 is 12.1 Å². The summed E-state index contributed by atoms with van der Waals surface area (Å²) in [6.07, 6.45) is -1.000. The highest BCUT2D eigenvalue weighted by Crippen LogP contribution is 2.24. The highest BCUT2D eigenvalue weighted by Gasteiger charge is 2.22. The second-order valence-corrected chi connectivity index (χ2v) is 5.03. The predicted molar refractivity (Wildman–Crippen MR) is 59.7 cm³/mol. The van der Waals surface area contributed by atoms with Gasteiger partial charge in [0.2, 0.25) is 0 Å². The van der Waals surface area contributed by atoms with Gasteiger partial charge in [0.25, 0.3) is 0 Å². The molecule has 0 aliphatic rings. The lowest BCUT2D eigenvalue weighted by molar-refractivity contribution is -0.139. The van der Waals surface area contributed by atoms with Crippen molar-refractivity contribution in [1.29, 1.82) is 0 Å². The molecule has 0 aromatic heterocycles. The lowest BCUT2D eigenvalue weighted by Crippen LogP contribution is -2.37. The Morgan fingerprint density at radius 2 is 1.93 bits per heavy atom. The molecule has 0 fully saturated rings. The number of aliphatic carboxylic acids is 1. The second-order valence-electron chi connectivity index (χ2n) is 5.03. The number of carboxylic acid groups (broad SMARTS) is 1. The van der Waals surface area contributed by atoms with Gasteiger partial charge in [-0.05, 0) is 11.3 Å². The number of aliphatic hydroxyl groups excluding tert-OH is 1. The summed E-state index contributed by atoms with van der Waals surface area (Å²) in [6.45, 7) is 9.71. The molecule has 0 radical (unpaired) electrons. The van der Waals surface area contributed by atoms with Gasteiger partial charge in [0.05, 0.1) is 12.5 Å². The van der Waals surface area contributed by atoms with E-state index in [4.69, 9.17) is 5.11 Å². The second kappa shape index (κ2) is 6.08. The Labute approximate surface area is 91.7 Å². The molecular weight excluding hydrogens is 194 g/mol. The van der Waals surface area contributed by atoms with Gasteiger partial charge in [0, 0.05) is 13.1 Å². The van der Waals surface area contributed by atoms with Gasteiger partial charge in [0.15, 0.2) is 0 Å². The largest absolute Gasteiger partial charge is 0.481 e. The Kier molecular flexibility index (Phi) is 5.83. The minimum atomic E-state index is -0.965. The summed E-state index contributed by atoms with van der Waals surface area (Å²) < 4.78 is 0. The van der Waals surface area contributed by atoms with Gasteiger partial charge in [-0.2, -0.15) is 0 Å². The first-order valence-electron chi connectivity index (χ1n) is 5.36. The highest BCUT2D eigenvalue weighted by molar-refractivity contribution is 5.67. The molecule has 3 N–H and O–H groups in total. The van der Waals surface area contributed by atoms with Gasteiger partial charge in [0.1, 0.15) is 0 Å². The van der Waals surface area contributed by atoms with Gasteiger partial charge in [-0.1, -0.05) is 27.7 Å². The summed E-state index contributed by atoms with van der Waals surface area (Å²) in [5, 5.41) is 20.9. The molecule has 15 heavy (non-hydrogen) atoms. The van der Waals surface area contributed by atoms with Crippen LogP contribution in [0.1, 0.15) is 34.1 Å². The molecule has 0 aromatic carbocycles. The fourth-order valence-corrected chi connectivity index (χ4v) is 1.04. The summed E-state index contributed by atoms with van der Waals surface area (Å²) in [4.78, 5) is 10.3. The minimum Gasteiger partial charge on any atom is -0.481 e. The summed E-state index contributed by atoms with van der Waals surface area (Å²) in [5.41, 5.74) is 0.156. The third kappa shape index (κ3) is 6.47. The normalized spacial score (nSPS) is 14.3. The molecule has 0 saturated heterocycles. The van der Waals surface area contributed by atoms with Crippen LogP contribution >= 0.6 is 0 Å². The van der Waals surface area contributed by atoms with Crippen LogP contribution in [0.25, 0.3) is 0 Å². The first-order valence-corrected chi connectivity index (χ1v) is 5.36. The molecule has 0 aromatic rings. The van der Waals surface area contributed by atoms with Crippen LogP contribution in [0.5, 0.6) is 0 Å². The molecule has 0 amide bonds. The molecule has 4 nitrogen and oxygen atoms in total. The van der Waals surface area contributed by atoms with Crippen LogP contribution in [0.15, 0.2) is 0 Å². The Hall–Kier alpha value is -0.610. The van der Waals surface area contributed by atoms with Crippen molar-refractivity contribution in [2.75, 3.05) is 13.1 Å². The van der Waals surface area contributed by atoms with E-state index >= 15 is 0 Å². The highest BCUT2D eigenvalue weighted by atomic mass is 16.4. The van der Waals surface area contributed by atoms with Crippen LogP contribution in [0.4, 0.5) is 0 Å². The molecule has 0 bridgehead atoms. The lowest BCUT2D eigenvalue weighted by atomic mass is 9.81. The van der Waals surface area contributed by atoms with E-state index in [1.165, 1.54) is 0 Å². The van der Waals surface area contributed by atoms with E-state index in [1.807, 2.05) is 0 Å². The summed E-state index contributed by atoms with van der Waals surface area (Å²) >= 11 is 0. The minimum absolute atomic E-state index is 0.156. The molecular formula is C11H23NO3. The maximum atomic E-state index is 10.3. The molecule has 0 heterocycles. The molecule has 0 rings (SSSR count). The summed E-state index contributed by atoms with van der Waals surface area (Å²) in [5.74, 6) is -0.422. The molecule has 1 unspecified atom stereocenters. The van der Waals surface area contributed by atoms with Crippen LogP contribution in [-0.4, -0.2) is 35.4 Å². The monoisotopic (exact) mass is 217 g/mol. The topological polar surface area (TPSA) is 69.6 Å². The van der Waals surface area contributed by atoms with Crippen LogP contribution in [-0.2, 0) is 4.79 Å². The molecule has 1 atom stereocenters. The van der Waals surface area contributed by atoms with Gasteiger partial charge >= 0.3 is 5.97 Å². The third-order valence-corrected chi connectivity index (χ3v) is 2.93. The number of carbonyl (C=O) groups is 1. The maximum absolute atomic E-state index is 10.3. The van der Waals surface area contributed by atoms with Crippen molar-refractivity contribution in [3.8, 4) is 0 Å². The van der Waals surface area contributed by atoms with E-state index in [0.29, 0.717) is 12.5 Å². The zero-order valence-corrected chi connectivity index (χ0v) is 10.1. The predicted octanol–water partition coefficient (Wildman–Crippen LogP) is 1.09. The van der Waals surface area contributed by atoms with E-state index in [-0.39, 0.29) is 11.8 Å². The third-order valence-electron chi connectivity index (χ3n) is 2.93. The van der Waals surface area contributed by atoms with Crippen molar-refractivity contribution in [3.05, 3.63) is 0 Å². The van der Waals surface area contributed by atoms with Gasteiger partial charge < -0.3 is 15.5 Å². The first kappa shape index (κ1) is 14.4. The van der Waals surface area contributed by atoms with E-state index in [0.717, 1.165) is 6.54 Å². The Morgan fingerprint density at radius 1 is 1.40 bits per heavy atom. The molecule has 90 valence electrons. The van der Waals surface area contributed by atoms with Crippen molar-refractivity contribution < 1.29 is 15.0 Å². The molecule has 0 spiro atoms. The molecule has 4 heteroatoms. The van der Waals surface area contributed by atoms with Crippen LogP contribution < -0.4 is 5.32 Å². The Morgan fingerprint density at radius 3 is 2.33 bits per heavy atom. The average Bonchev–Trinajstić information content (AvgIpc) is 2.01. The van der Waals surface area contributed by atoms with Crippen LogP contribution in [0.2, 0.25) is 0 Å². The van der Waals surface area contributed by atoms with Crippen molar-refractivity contribution in [3.63, 3.8) is 0 Å². The van der Waals surface area contributed by atoms with Crippen molar-refractivity contribution in [2.24, 2.45) is 11.3 Å². The quantitative estimate of drug-likeness (QED) is 0.597. The number of rotatable bonds is 7. The number of hydrogen-bond donors (Lipinski definition) is 3. The maximum Gasteiger partial charge on any atom is 0.306 e. The number of carboxylic acids is 1. The van der Waals surface area contributed by atoms with E-state index in [1.54, 1.807) is 0 Å². The fraction of sp³-hybridized carbons (Fsp3) is 0.909. The van der Waals surface area contributed by atoms with E-state index in [2.05, 4.69) is 33.0 Å². The van der Waals surface area contributed by atoms with Gasteiger partial charge in [-0.25, -0.2) is 0 Å². The smallest absolute Gasteiger partial charge is 0.306 e. The van der Waals surface area contributed by atoms with Crippen LogP contribution in [0.3, 0.4) is 0 Å². The summed E-state index contributed by atoms with van der Waals surface area (Å²) in [7, 11) is 0. The van der Waals surface area contributed by atoms with Crippen molar-refractivity contribution in [2.45, 2.75) is 40.2 Å². The van der Waals surface area contributed by atoms with Crippen molar-refractivity contribution >= 4 is 5.97 Å². The lowest BCUT2D eigenvalue weighted by Gasteiger charge is -2.29. The van der Waals surface area contributed by atoms with Gasteiger partial charge in [-0.3, -0.25) is 4.79 Å². The van der Waals surface area contributed by atoms with Crippen LogP contribution in [0, 0.1) is 11.3 Å². The molecule has 0 aliphatic carbocycles. The van der Waals surface area contributed by atoms with E-state index in [9.17, 15) is 9.90 Å². The molecule has 0 aliphatic heterocycles. The standard InChI is InChI=1S/C11H23NO3/c1-8(2)11(3,4)7-12-6-9(13)5-10(14)15/h8-9,12-13H,5-7H2,1-4H3,(H,14,15). The zero-order valence-electron chi connectivity index (χ0n) is 10.1. The summed E-state index contributed by atoms with van der Waals surface area (Å²) in [6, 6.07) is 0. The number of aliphatic hydroxyl groups is 1. The zero-order chi connectivity index (χ0) is 12.1. The number of hydrogen-bond acceptors (Lipinski definition) is 3. The number of nitrogens with one attached hydrogen (secondary N) is 1. The molecule has 0 saturated carbocycles.